The van der Waals surface area contributed by atoms with E-state index in [0.717, 1.165) is 80.1 Å². The fraction of sp³-hybridized carbons (Fsp3) is 0.0800. The molecule has 0 saturated heterocycles. The van der Waals surface area contributed by atoms with Crippen molar-refractivity contribution >= 4 is 45.0 Å². The van der Waals surface area contributed by atoms with E-state index < -0.39 is 0 Å². The summed E-state index contributed by atoms with van der Waals surface area (Å²) in [5, 5.41) is 14.8. The molecule has 2 unspecified atom stereocenters. The summed E-state index contributed by atoms with van der Waals surface area (Å²) in [6, 6.07) is 62.4. The SMILES string of the molecule is c1ccc(C2CC(c3ccc(C4=NN(c5ccc(-c6nc7ccccc7o6)cc5)C(c5ccccc5)C4)cc3)=NN2c2ccc(-c3nc4ccccc4o3)cc2)cc1. The van der Waals surface area contributed by atoms with Gasteiger partial charge in [0, 0.05) is 24.0 Å². The molecule has 7 aromatic carbocycles. The van der Waals surface area contributed by atoms with Gasteiger partial charge >= 0.3 is 0 Å². The number of nitrogens with zero attached hydrogens (tertiary/aromatic N) is 6. The molecular weight excluding hydrogens is 717 g/mol. The minimum atomic E-state index is 0.0551. The Labute approximate surface area is 335 Å². The molecule has 2 aromatic heterocycles. The van der Waals surface area contributed by atoms with Crippen LogP contribution in [0.3, 0.4) is 0 Å². The van der Waals surface area contributed by atoms with Crippen LogP contribution in [0.1, 0.15) is 47.2 Å². The predicted octanol–water partition coefficient (Wildman–Crippen LogP) is 12.0. The number of rotatable bonds is 8. The quantitative estimate of drug-likeness (QED) is 0.154. The fourth-order valence-electron chi connectivity index (χ4n) is 8.08. The van der Waals surface area contributed by atoms with Crippen LogP contribution in [0.15, 0.2) is 201 Å². The van der Waals surface area contributed by atoms with Crippen LogP contribution in [0.4, 0.5) is 11.4 Å². The van der Waals surface area contributed by atoms with Crippen molar-refractivity contribution in [1.29, 1.82) is 0 Å². The number of benzene rings is 7. The maximum Gasteiger partial charge on any atom is 0.227 e. The van der Waals surface area contributed by atoms with Crippen molar-refractivity contribution in [2.45, 2.75) is 24.9 Å². The molecule has 0 spiro atoms. The molecule has 278 valence electrons. The summed E-state index contributed by atoms with van der Waals surface area (Å²) >= 11 is 0. The second-order valence-corrected chi connectivity index (χ2v) is 14.7. The van der Waals surface area contributed by atoms with Crippen LogP contribution < -0.4 is 10.0 Å². The summed E-state index contributed by atoms with van der Waals surface area (Å²) in [6.45, 7) is 0. The maximum atomic E-state index is 6.05. The molecule has 8 heteroatoms. The minimum absolute atomic E-state index is 0.0551. The summed E-state index contributed by atoms with van der Waals surface area (Å²) in [6.07, 6.45) is 1.56. The van der Waals surface area contributed by atoms with Gasteiger partial charge in [-0.25, -0.2) is 9.97 Å². The molecule has 2 aliphatic rings. The van der Waals surface area contributed by atoms with Gasteiger partial charge in [-0.05, 0) is 95.1 Å². The largest absolute Gasteiger partial charge is 0.436 e. The van der Waals surface area contributed by atoms with Gasteiger partial charge in [-0.15, -0.1) is 0 Å². The molecule has 11 rings (SSSR count). The summed E-state index contributed by atoms with van der Waals surface area (Å²) in [5.41, 5.74) is 13.8. The van der Waals surface area contributed by atoms with E-state index in [0.29, 0.717) is 11.8 Å². The van der Waals surface area contributed by atoms with Crippen LogP contribution in [-0.2, 0) is 0 Å². The Kier molecular flexibility index (Phi) is 8.24. The van der Waals surface area contributed by atoms with Crippen molar-refractivity contribution in [2.24, 2.45) is 10.2 Å². The van der Waals surface area contributed by atoms with Gasteiger partial charge in [0.1, 0.15) is 11.0 Å². The van der Waals surface area contributed by atoms with Crippen LogP contribution >= 0.6 is 0 Å². The fourth-order valence-corrected chi connectivity index (χ4v) is 8.08. The Balaban J connectivity index is 0.875. The van der Waals surface area contributed by atoms with E-state index in [4.69, 9.17) is 29.0 Å². The summed E-state index contributed by atoms with van der Waals surface area (Å²) in [4.78, 5) is 9.39. The average Bonchev–Trinajstić information content (AvgIpc) is 4.12. The van der Waals surface area contributed by atoms with Gasteiger partial charge < -0.3 is 8.83 Å². The van der Waals surface area contributed by atoms with Crippen molar-refractivity contribution in [2.75, 3.05) is 10.0 Å². The smallest absolute Gasteiger partial charge is 0.227 e. The zero-order valence-electron chi connectivity index (χ0n) is 31.4. The molecule has 0 radical (unpaired) electrons. The Morgan fingerprint density at radius 3 is 1.14 bits per heavy atom. The lowest BCUT2D eigenvalue weighted by atomic mass is 9.95. The van der Waals surface area contributed by atoms with Crippen molar-refractivity contribution < 1.29 is 8.83 Å². The highest BCUT2D eigenvalue weighted by Gasteiger charge is 2.32. The normalized spacial score (nSPS) is 16.6. The Morgan fingerprint density at radius 1 is 0.379 bits per heavy atom. The van der Waals surface area contributed by atoms with Gasteiger partial charge in [-0.3, -0.25) is 10.0 Å². The van der Waals surface area contributed by atoms with Gasteiger partial charge in [0.25, 0.3) is 0 Å². The number of para-hydroxylation sites is 4. The number of anilines is 2. The number of hydrazone groups is 2. The highest BCUT2D eigenvalue weighted by molar-refractivity contribution is 6.06. The van der Waals surface area contributed by atoms with Crippen LogP contribution in [-0.4, -0.2) is 21.4 Å². The molecule has 0 fully saturated rings. The van der Waals surface area contributed by atoms with E-state index in [1.54, 1.807) is 0 Å². The molecule has 0 aliphatic carbocycles. The molecule has 2 aliphatic heterocycles. The minimum Gasteiger partial charge on any atom is -0.436 e. The first-order chi connectivity index (χ1) is 28.7. The van der Waals surface area contributed by atoms with E-state index in [-0.39, 0.29) is 12.1 Å². The van der Waals surface area contributed by atoms with Crippen molar-refractivity contribution in [3.05, 3.63) is 204 Å². The third kappa shape index (κ3) is 6.21. The highest BCUT2D eigenvalue weighted by atomic mass is 16.4. The molecular formula is C50H36N6O2. The topological polar surface area (TPSA) is 83.3 Å². The third-order valence-corrected chi connectivity index (χ3v) is 11.1. The standard InChI is InChI=1S/C50H36N6O2/c1-3-11-35(12-4-1)45-31-43(53-55(45)39-27-23-37(24-28-39)49-51-41-15-7-9-17-47(41)57-49)33-19-21-34(22-20-33)44-32-46(36-13-5-2-6-14-36)56(54-44)40-29-25-38(26-30-40)50-52-42-16-8-10-18-48(42)58-50/h1-30,45-46H,31-32H2. The molecule has 0 amide bonds. The molecule has 58 heavy (non-hydrogen) atoms. The van der Waals surface area contributed by atoms with E-state index >= 15 is 0 Å². The van der Waals surface area contributed by atoms with Gasteiger partial charge in [-0.1, -0.05) is 109 Å². The second-order valence-electron chi connectivity index (χ2n) is 14.7. The van der Waals surface area contributed by atoms with Crippen LogP contribution in [0, 0.1) is 0 Å². The molecule has 0 saturated carbocycles. The van der Waals surface area contributed by atoms with Crippen molar-refractivity contribution in [3.63, 3.8) is 0 Å². The zero-order chi connectivity index (χ0) is 38.4. The first kappa shape index (κ1) is 33.7. The summed E-state index contributed by atoms with van der Waals surface area (Å²) in [5.74, 6) is 1.22. The number of oxazole rings is 2. The number of aromatic nitrogens is 2. The molecule has 0 bridgehead atoms. The average molecular weight is 753 g/mol. The van der Waals surface area contributed by atoms with Crippen LogP contribution in [0.5, 0.6) is 0 Å². The van der Waals surface area contributed by atoms with Crippen LogP contribution in [0.2, 0.25) is 0 Å². The summed E-state index contributed by atoms with van der Waals surface area (Å²) < 4.78 is 12.1. The number of hydrogen-bond acceptors (Lipinski definition) is 8. The lowest BCUT2D eigenvalue weighted by Gasteiger charge is -2.24. The number of hydrogen-bond donors (Lipinski definition) is 0. The second kappa shape index (κ2) is 14.2. The number of fused-ring (bicyclic) bond motifs is 2. The monoisotopic (exact) mass is 752 g/mol. The van der Waals surface area contributed by atoms with E-state index in [2.05, 4.69) is 143 Å². The van der Waals surface area contributed by atoms with Crippen LogP contribution in [0.25, 0.3) is 45.1 Å². The lowest BCUT2D eigenvalue weighted by Crippen LogP contribution is -2.18. The van der Waals surface area contributed by atoms with Gasteiger partial charge in [0.05, 0.1) is 34.9 Å². The van der Waals surface area contributed by atoms with E-state index in [9.17, 15) is 0 Å². The van der Waals surface area contributed by atoms with Crippen molar-refractivity contribution in [1.82, 2.24) is 9.97 Å². The molecule has 0 N–H and O–H groups in total. The molecule has 8 nitrogen and oxygen atoms in total. The third-order valence-electron chi connectivity index (χ3n) is 11.1. The zero-order valence-corrected chi connectivity index (χ0v) is 31.4. The van der Waals surface area contributed by atoms with Crippen molar-refractivity contribution in [3.8, 4) is 22.9 Å². The molecule has 4 heterocycles. The van der Waals surface area contributed by atoms with Gasteiger partial charge in [0.15, 0.2) is 11.2 Å². The van der Waals surface area contributed by atoms with Gasteiger partial charge in [0.2, 0.25) is 11.8 Å². The maximum absolute atomic E-state index is 6.05. The highest BCUT2D eigenvalue weighted by Crippen LogP contribution is 2.40. The van der Waals surface area contributed by atoms with E-state index in [1.165, 1.54) is 11.1 Å². The first-order valence-electron chi connectivity index (χ1n) is 19.6. The molecule has 2 atom stereocenters. The summed E-state index contributed by atoms with van der Waals surface area (Å²) in [7, 11) is 0. The molecule has 9 aromatic rings. The predicted molar refractivity (Wildman–Crippen MR) is 231 cm³/mol. The van der Waals surface area contributed by atoms with Gasteiger partial charge in [-0.2, -0.15) is 10.2 Å². The first-order valence-corrected chi connectivity index (χ1v) is 19.6. The lowest BCUT2D eigenvalue weighted by molar-refractivity contribution is 0.619. The van der Waals surface area contributed by atoms with E-state index in [1.807, 2.05) is 48.5 Å². The Bertz CT molecular complexity index is 2680. The Morgan fingerprint density at radius 2 is 0.741 bits per heavy atom. The Hall–Kier alpha value is -7.58.